The Bertz CT molecular complexity index is 350. The zero-order valence-electron chi connectivity index (χ0n) is 9.71. The van der Waals surface area contributed by atoms with Gasteiger partial charge in [0.15, 0.2) is 0 Å². The molecule has 0 fully saturated rings. The Balaban J connectivity index is 3.00. The van der Waals surface area contributed by atoms with Gasteiger partial charge in [-0.15, -0.1) is 6.58 Å². The van der Waals surface area contributed by atoms with Crippen molar-refractivity contribution in [3.8, 4) is 5.75 Å². The van der Waals surface area contributed by atoms with Gasteiger partial charge in [0.1, 0.15) is 11.4 Å². The van der Waals surface area contributed by atoms with E-state index >= 15 is 0 Å². The second kappa shape index (κ2) is 4.39. The van der Waals surface area contributed by atoms with E-state index in [1.54, 1.807) is 0 Å². The molecule has 0 aliphatic rings. The van der Waals surface area contributed by atoms with Crippen LogP contribution < -0.4 is 10.5 Å². The number of rotatable bonds is 3. The van der Waals surface area contributed by atoms with Gasteiger partial charge in [0, 0.05) is 5.69 Å². The van der Waals surface area contributed by atoms with E-state index in [1.165, 1.54) is 0 Å². The van der Waals surface area contributed by atoms with Crippen molar-refractivity contribution in [2.45, 2.75) is 32.8 Å². The van der Waals surface area contributed by atoms with Crippen molar-refractivity contribution in [1.82, 2.24) is 0 Å². The van der Waals surface area contributed by atoms with E-state index in [4.69, 9.17) is 10.5 Å². The lowest BCUT2D eigenvalue weighted by Crippen LogP contribution is -2.23. The maximum absolute atomic E-state index is 5.84. The number of nitrogens with two attached hydrogens (primary N) is 1. The molecule has 0 saturated heterocycles. The summed E-state index contributed by atoms with van der Waals surface area (Å²) >= 11 is 0. The maximum atomic E-state index is 5.84. The van der Waals surface area contributed by atoms with Gasteiger partial charge in [0.25, 0.3) is 0 Å². The third-order valence-corrected chi connectivity index (χ3v) is 1.86. The van der Waals surface area contributed by atoms with E-state index in [-0.39, 0.29) is 5.60 Å². The zero-order chi connectivity index (χ0) is 11.5. The number of allylic oxidation sites excluding steroid dienone is 1. The van der Waals surface area contributed by atoms with Crippen LogP contribution in [0.15, 0.2) is 30.9 Å². The molecule has 1 aromatic carbocycles. The molecule has 0 aromatic heterocycles. The molecule has 82 valence electrons. The van der Waals surface area contributed by atoms with Crippen LogP contribution in [0.25, 0.3) is 0 Å². The van der Waals surface area contributed by atoms with Gasteiger partial charge in [0.2, 0.25) is 0 Å². The standard InChI is InChI=1S/C13H19NO/c1-5-6-10-9-11(14)7-8-12(10)15-13(2,3)4/h5,7-9H,1,6,14H2,2-4H3. The predicted molar refractivity (Wildman–Crippen MR) is 65.1 cm³/mol. The Kier molecular flexibility index (Phi) is 3.40. The summed E-state index contributed by atoms with van der Waals surface area (Å²) in [5.41, 5.74) is 7.38. The summed E-state index contributed by atoms with van der Waals surface area (Å²) in [5.74, 6) is 0.886. The Labute approximate surface area is 91.7 Å². The number of nitrogen functional groups attached to an aromatic ring is 1. The average Bonchev–Trinajstić information content (AvgIpc) is 2.08. The first-order valence-corrected chi connectivity index (χ1v) is 5.11. The molecule has 0 radical (unpaired) electrons. The highest BCUT2D eigenvalue weighted by molar-refractivity contribution is 5.48. The summed E-state index contributed by atoms with van der Waals surface area (Å²) in [7, 11) is 0. The van der Waals surface area contributed by atoms with Crippen LogP contribution in [0.2, 0.25) is 0 Å². The molecule has 1 rings (SSSR count). The number of hydrogen-bond acceptors (Lipinski definition) is 2. The quantitative estimate of drug-likeness (QED) is 0.607. The molecule has 0 saturated carbocycles. The van der Waals surface area contributed by atoms with E-state index in [2.05, 4.69) is 6.58 Å². The highest BCUT2D eigenvalue weighted by atomic mass is 16.5. The Morgan fingerprint density at radius 2 is 2.07 bits per heavy atom. The lowest BCUT2D eigenvalue weighted by atomic mass is 10.1. The highest BCUT2D eigenvalue weighted by Gasteiger charge is 2.14. The van der Waals surface area contributed by atoms with Crippen molar-refractivity contribution in [3.63, 3.8) is 0 Å². The molecule has 0 spiro atoms. The van der Waals surface area contributed by atoms with Gasteiger partial charge in [0.05, 0.1) is 0 Å². The molecular weight excluding hydrogens is 186 g/mol. The van der Waals surface area contributed by atoms with Gasteiger partial charge in [-0.05, 0) is 51.0 Å². The maximum Gasteiger partial charge on any atom is 0.123 e. The third-order valence-electron chi connectivity index (χ3n) is 1.86. The minimum atomic E-state index is -0.188. The summed E-state index contributed by atoms with van der Waals surface area (Å²) in [6.07, 6.45) is 2.63. The predicted octanol–water partition coefficient (Wildman–Crippen LogP) is 3.17. The topological polar surface area (TPSA) is 35.2 Å². The molecule has 1 aromatic rings. The van der Waals surface area contributed by atoms with Gasteiger partial charge in [-0.2, -0.15) is 0 Å². The fraction of sp³-hybridized carbons (Fsp3) is 0.385. The Hall–Kier alpha value is -1.44. The number of ether oxygens (including phenoxy) is 1. The van der Waals surface area contributed by atoms with Gasteiger partial charge >= 0.3 is 0 Å². The van der Waals surface area contributed by atoms with Crippen LogP contribution >= 0.6 is 0 Å². The van der Waals surface area contributed by atoms with Gasteiger partial charge in [-0.3, -0.25) is 0 Å². The van der Waals surface area contributed by atoms with Crippen molar-refractivity contribution in [1.29, 1.82) is 0 Å². The van der Waals surface area contributed by atoms with Crippen LogP contribution in [0.1, 0.15) is 26.3 Å². The van der Waals surface area contributed by atoms with E-state index in [9.17, 15) is 0 Å². The first-order valence-electron chi connectivity index (χ1n) is 5.11. The van der Waals surface area contributed by atoms with Crippen LogP contribution in [-0.2, 0) is 6.42 Å². The summed E-state index contributed by atoms with van der Waals surface area (Å²) in [4.78, 5) is 0. The molecule has 0 unspecified atom stereocenters. The lowest BCUT2D eigenvalue weighted by molar-refractivity contribution is 0.129. The normalized spacial score (nSPS) is 11.1. The van der Waals surface area contributed by atoms with Gasteiger partial charge in [-0.25, -0.2) is 0 Å². The van der Waals surface area contributed by atoms with Crippen LogP contribution in [-0.4, -0.2) is 5.60 Å². The third kappa shape index (κ3) is 3.66. The van der Waals surface area contributed by atoms with Crippen LogP contribution in [0.5, 0.6) is 5.75 Å². The SMILES string of the molecule is C=CCc1cc(N)ccc1OC(C)(C)C. The molecule has 0 aliphatic carbocycles. The summed E-state index contributed by atoms with van der Waals surface area (Å²) in [6.45, 7) is 9.81. The van der Waals surface area contributed by atoms with Gasteiger partial charge < -0.3 is 10.5 Å². The van der Waals surface area contributed by atoms with E-state index in [0.29, 0.717) is 0 Å². The Morgan fingerprint density at radius 1 is 1.40 bits per heavy atom. The summed E-state index contributed by atoms with van der Waals surface area (Å²) in [5, 5.41) is 0. The molecule has 0 heterocycles. The summed E-state index contributed by atoms with van der Waals surface area (Å²) < 4.78 is 5.84. The zero-order valence-corrected chi connectivity index (χ0v) is 9.71. The number of hydrogen-bond donors (Lipinski definition) is 1. The van der Waals surface area contributed by atoms with Crippen molar-refractivity contribution in [3.05, 3.63) is 36.4 Å². The van der Waals surface area contributed by atoms with E-state index in [1.807, 2.05) is 45.0 Å². The first kappa shape index (κ1) is 11.6. The number of anilines is 1. The van der Waals surface area contributed by atoms with Crippen LogP contribution in [0, 0.1) is 0 Å². The van der Waals surface area contributed by atoms with Crippen LogP contribution in [0.3, 0.4) is 0 Å². The monoisotopic (exact) mass is 205 g/mol. The highest BCUT2D eigenvalue weighted by Crippen LogP contribution is 2.25. The molecule has 2 nitrogen and oxygen atoms in total. The van der Waals surface area contributed by atoms with Crippen molar-refractivity contribution < 1.29 is 4.74 Å². The molecular formula is C13H19NO. The second-order valence-corrected chi connectivity index (χ2v) is 4.57. The molecule has 15 heavy (non-hydrogen) atoms. The molecule has 0 aliphatic heterocycles. The smallest absolute Gasteiger partial charge is 0.123 e. The molecule has 0 bridgehead atoms. The minimum absolute atomic E-state index is 0.188. The Morgan fingerprint density at radius 3 is 2.60 bits per heavy atom. The molecule has 2 heteroatoms. The fourth-order valence-electron chi connectivity index (χ4n) is 1.34. The first-order chi connectivity index (χ1) is 6.92. The molecule has 0 amide bonds. The van der Waals surface area contributed by atoms with E-state index in [0.717, 1.165) is 23.4 Å². The van der Waals surface area contributed by atoms with Crippen molar-refractivity contribution in [2.24, 2.45) is 0 Å². The molecule has 2 N–H and O–H groups in total. The average molecular weight is 205 g/mol. The van der Waals surface area contributed by atoms with Gasteiger partial charge in [-0.1, -0.05) is 6.08 Å². The van der Waals surface area contributed by atoms with Crippen molar-refractivity contribution in [2.75, 3.05) is 5.73 Å². The largest absolute Gasteiger partial charge is 0.488 e. The van der Waals surface area contributed by atoms with Crippen molar-refractivity contribution >= 4 is 5.69 Å². The fourth-order valence-corrected chi connectivity index (χ4v) is 1.34. The second-order valence-electron chi connectivity index (χ2n) is 4.57. The van der Waals surface area contributed by atoms with Crippen LogP contribution in [0.4, 0.5) is 5.69 Å². The minimum Gasteiger partial charge on any atom is -0.488 e. The summed E-state index contributed by atoms with van der Waals surface area (Å²) in [6, 6.07) is 5.70. The number of benzene rings is 1. The lowest BCUT2D eigenvalue weighted by Gasteiger charge is -2.23. The molecule has 0 atom stereocenters. The van der Waals surface area contributed by atoms with E-state index < -0.39 is 0 Å².